The Morgan fingerprint density at radius 3 is 3.28 bits per heavy atom. The predicted octanol–water partition coefficient (Wildman–Crippen LogP) is 2.13. The number of thioether (sulfide) groups is 1. The van der Waals surface area contributed by atoms with Crippen molar-refractivity contribution in [2.24, 2.45) is 0 Å². The molecule has 0 bridgehead atoms. The fourth-order valence-corrected chi connectivity index (χ4v) is 4.40. The van der Waals surface area contributed by atoms with E-state index in [1.807, 2.05) is 24.7 Å². The van der Waals surface area contributed by atoms with Crippen LogP contribution in [0.4, 0.5) is 5.69 Å². The van der Waals surface area contributed by atoms with E-state index in [-0.39, 0.29) is 5.91 Å². The molecule has 1 atom stereocenters. The minimum Gasteiger partial charge on any atom is -0.350 e. The van der Waals surface area contributed by atoms with Crippen LogP contribution in [0.25, 0.3) is 11.0 Å². The third-order valence-corrected chi connectivity index (χ3v) is 5.80. The van der Waals surface area contributed by atoms with Crippen LogP contribution in [0.15, 0.2) is 29.6 Å². The first-order chi connectivity index (χ1) is 12.2. The zero-order chi connectivity index (χ0) is 17.2. The molecule has 0 unspecified atom stereocenters. The second kappa shape index (κ2) is 7.09. The van der Waals surface area contributed by atoms with Crippen LogP contribution < -0.4 is 15.5 Å². The second-order valence-electron chi connectivity index (χ2n) is 6.56. The number of H-pyrrole nitrogens is 1. The van der Waals surface area contributed by atoms with E-state index in [2.05, 4.69) is 32.4 Å². The number of rotatable bonds is 4. The van der Waals surface area contributed by atoms with Gasteiger partial charge in [0, 0.05) is 48.9 Å². The number of carbonyl (C=O) groups excluding carboxylic acids is 1. The van der Waals surface area contributed by atoms with Crippen molar-refractivity contribution in [2.75, 3.05) is 30.3 Å². The number of anilines is 1. The lowest BCUT2D eigenvalue weighted by Gasteiger charge is -2.27. The van der Waals surface area contributed by atoms with Gasteiger partial charge in [0.25, 0.3) is 5.91 Å². The Morgan fingerprint density at radius 1 is 1.52 bits per heavy atom. The maximum absolute atomic E-state index is 12.5. The number of aryl methyl sites for hydroxylation is 1. The molecule has 0 saturated carbocycles. The van der Waals surface area contributed by atoms with Crippen LogP contribution in [0, 0.1) is 6.92 Å². The summed E-state index contributed by atoms with van der Waals surface area (Å²) in [6, 6.07) is 2.43. The maximum Gasteiger partial charge on any atom is 0.259 e. The number of carbonyl (C=O) groups is 1. The van der Waals surface area contributed by atoms with E-state index in [1.165, 1.54) is 12.0 Å². The Morgan fingerprint density at radius 2 is 2.44 bits per heavy atom. The molecule has 4 rings (SSSR count). The SMILES string of the molecule is Cc1c[nH]c2nccc(N3C=C(C(=O)NC[C@@H]4CCCN4)SCC3)c12. The molecule has 2 aromatic heterocycles. The Balaban J connectivity index is 1.53. The summed E-state index contributed by atoms with van der Waals surface area (Å²) in [5.74, 6) is 0.924. The Bertz CT molecular complexity index is 809. The molecule has 4 heterocycles. The summed E-state index contributed by atoms with van der Waals surface area (Å²) in [6.07, 6.45) is 8.10. The lowest BCUT2D eigenvalue weighted by atomic mass is 10.2. The van der Waals surface area contributed by atoms with Crippen molar-refractivity contribution in [1.29, 1.82) is 0 Å². The van der Waals surface area contributed by atoms with E-state index >= 15 is 0 Å². The molecule has 0 aromatic carbocycles. The van der Waals surface area contributed by atoms with Crippen LogP contribution in [0.1, 0.15) is 18.4 Å². The molecule has 2 aliphatic rings. The number of amides is 1. The highest BCUT2D eigenvalue weighted by Crippen LogP contribution is 2.32. The van der Waals surface area contributed by atoms with Gasteiger partial charge < -0.3 is 20.5 Å². The van der Waals surface area contributed by atoms with Crippen LogP contribution in [-0.4, -0.2) is 47.3 Å². The molecular formula is C18H23N5OS. The van der Waals surface area contributed by atoms with Crippen LogP contribution in [-0.2, 0) is 4.79 Å². The summed E-state index contributed by atoms with van der Waals surface area (Å²) in [7, 11) is 0. The van der Waals surface area contributed by atoms with E-state index in [9.17, 15) is 4.79 Å². The van der Waals surface area contributed by atoms with Gasteiger partial charge in [-0.05, 0) is 37.9 Å². The zero-order valence-electron chi connectivity index (χ0n) is 14.3. The van der Waals surface area contributed by atoms with Gasteiger partial charge in [-0.1, -0.05) is 0 Å². The molecule has 0 spiro atoms. The molecule has 7 heteroatoms. The van der Waals surface area contributed by atoms with Crippen LogP contribution in [0.2, 0.25) is 0 Å². The number of fused-ring (bicyclic) bond motifs is 1. The van der Waals surface area contributed by atoms with E-state index in [1.54, 1.807) is 11.8 Å². The third kappa shape index (κ3) is 3.39. The van der Waals surface area contributed by atoms with Gasteiger partial charge in [-0.2, -0.15) is 0 Å². The lowest BCUT2D eigenvalue weighted by Crippen LogP contribution is -2.38. The van der Waals surface area contributed by atoms with Crippen molar-refractivity contribution >= 4 is 34.4 Å². The van der Waals surface area contributed by atoms with Crippen molar-refractivity contribution in [2.45, 2.75) is 25.8 Å². The average Bonchev–Trinajstić information content (AvgIpc) is 3.30. The van der Waals surface area contributed by atoms with Crippen molar-refractivity contribution in [1.82, 2.24) is 20.6 Å². The molecular weight excluding hydrogens is 334 g/mol. The molecule has 6 nitrogen and oxygen atoms in total. The van der Waals surface area contributed by atoms with Gasteiger partial charge in [0.05, 0.1) is 10.6 Å². The minimum atomic E-state index is 0.0273. The van der Waals surface area contributed by atoms with Crippen molar-refractivity contribution in [3.63, 3.8) is 0 Å². The zero-order valence-corrected chi connectivity index (χ0v) is 15.2. The van der Waals surface area contributed by atoms with Crippen LogP contribution in [0.5, 0.6) is 0 Å². The van der Waals surface area contributed by atoms with Gasteiger partial charge in [-0.25, -0.2) is 4.98 Å². The Hall–Kier alpha value is -1.99. The maximum atomic E-state index is 12.5. The van der Waals surface area contributed by atoms with Gasteiger partial charge >= 0.3 is 0 Å². The molecule has 2 aliphatic heterocycles. The van der Waals surface area contributed by atoms with Crippen molar-refractivity contribution < 1.29 is 4.79 Å². The lowest BCUT2D eigenvalue weighted by molar-refractivity contribution is -0.116. The molecule has 1 amide bonds. The molecule has 1 saturated heterocycles. The van der Waals surface area contributed by atoms with E-state index in [4.69, 9.17) is 0 Å². The number of aromatic amines is 1. The topological polar surface area (TPSA) is 73.0 Å². The third-order valence-electron chi connectivity index (χ3n) is 4.82. The predicted molar refractivity (Wildman–Crippen MR) is 103 cm³/mol. The number of hydrogen-bond acceptors (Lipinski definition) is 5. The average molecular weight is 357 g/mol. The molecule has 3 N–H and O–H groups in total. The summed E-state index contributed by atoms with van der Waals surface area (Å²) in [5.41, 5.74) is 3.16. The molecule has 1 fully saturated rings. The summed E-state index contributed by atoms with van der Waals surface area (Å²) >= 11 is 1.63. The largest absolute Gasteiger partial charge is 0.350 e. The van der Waals surface area contributed by atoms with Gasteiger partial charge in [0.1, 0.15) is 5.65 Å². The van der Waals surface area contributed by atoms with E-state index in [0.29, 0.717) is 12.6 Å². The fourth-order valence-electron chi connectivity index (χ4n) is 3.48. The van der Waals surface area contributed by atoms with E-state index in [0.717, 1.165) is 46.9 Å². The van der Waals surface area contributed by atoms with Gasteiger partial charge in [0.15, 0.2) is 0 Å². The Kier molecular flexibility index (Phi) is 4.67. The second-order valence-corrected chi connectivity index (χ2v) is 7.70. The summed E-state index contributed by atoms with van der Waals surface area (Å²) in [6.45, 7) is 4.72. The molecule has 0 aliphatic carbocycles. The highest BCUT2D eigenvalue weighted by atomic mass is 32.2. The highest BCUT2D eigenvalue weighted by Gasteiger charge is 2.21. The van der Waals surface area contributed by atoms with Gasteiger partial charge in [-0.15, -0.1) is 11.8 Å². The number of nitrogens with zero attached hydrogens (tertiary/aromatic N) is 2. The molecule has 0 radical (unpaired) electrons. The van der Waals surface area contributed by atoms with Gasteiger partial charge in [-0.3, -0.25) is 4.79 Å². The highest BCUT2D eigenvalue weighted by molar-refractivity contribution is 8.04. The van der Waals surface area contributed by atoms with Gasteiger partial charge in [0.2, 0.25) is 0 Å². The number of pyridine rings is 1. The standard InChI is InChI=1S/C18H23N5OS/c1-12-9-21-17-16(12)14(4-6-20-17)23-7-8-25-15(11-23)18(24)22-10-13-3-2-5-19-13/h4,6,9,11,13,19H,2-3,5,7-8,10H2,1H3,(H,20,21)(H,22,24)/t13-/m0/s1. The fraction of sp³-hybridized carbons (Fsp3) is 0.444. The first kappa shape index (κ1) is 16.5. The smallest absolute Gasteiger partial charge is 0.259 e. The molecule has 2 aromatic rings. The molecule has 25 heavy (non-hydrogen) atoms. The molecule has 132 valence electrons. The first-order valence-corrected chi connectivity index (χ1v) is 9.76. The monoisotopic (exact) mass is 357 g/mol. The number of hydrogen-bond donors (Lipinski definition) is 3. The van der Waals surface area contributed by atoms with Crippen LogP contribution >= 0.6 is 11.8 Å². The summed E-state index contributed by atoms with van der Waals surface area (Å²) in [4.78, 5) is 23.1. The number of aromatic nitrogens is 2. The van der Waals surface area contributed by atoms with Crippen molar-refractivity contribution in [3.05, 3.63) is 35.1 Å². The van der Waals surface area contributed by atoms with Crippen LogP contribution in [0.3, 0.4) is 0 Å². The van der Waals surface area contributed by atoms with E-state index < -0.39 is 0 Å². The van der Waals surface area contributed by atoms with Crippen molar-refractivity contribution in [3.8, 4) is 0 Å². The minimum absolute atomic E-state index is 0.0273. The Labute approximate surface area is 151 Å². The summed E-state index contributed by atoms with van der Waals surface area (Å²) < 4.78 is 0. The quantitative estimate of drug-likeness (QED) is 0.782. The number of nitrogens with one attached hydrogen (secondary N) is 3. The first-order valence-electron chi connectivity index (χ1n) is 8.78. The normalized spacial score (nSPS) is 20.8. The summed E-state index contributed by atoms with van der Waals surface area (Å²) in [5, 5.41) is 7.61.